The van der Waals surface area contributed by atoms with Gasteiger partial charge in [-0.3, -0.25) is 9.59 Å². The van der Waals surface area contributed by atoms with E-state index in [1.165, 1.54) is 50.7 Å². The molecular formula is C25H38O6. The topological polar surface area (TPSA) is 82.1 Å². The number of hydrogen-bond donors (Lipinski definition) is 1. The number of ether oxygens (including phenoxy) is 3. The molecule has 0 unspecified atom stereocenters. The van der Waals surface area contributed by atoms with Gasteiger partial charge < -0.3 is 19.3 Å². The summed E-state index contributed by atoms with van der Waals surface area (Å²) in [6.07, 6.45) is 17.3. The molecule has 2 aliphatic heterocycles. The fraction of sp³-hybridized carbons (Fsp3) is 0.760. The smallest absolute Gasteiger partial charge is 0.308 e. The lowest BCUT2D eigenvalue weighted by Crippen LogP contribution is -2.48. The third-order valence-electron chi connectivity index (χ3n) is 6.45. The molecule has 174 valence electrons. The first-order valence-electron chi connectivity index (χ1n) is 12.1. The maximum atomic E-state index is 12.3. The van der Waals surface area contributed by atoms with Crippen molar-refractivity contribution in [1.29, 1.82) is 0 Å². The Kier molecular flexibility index (Phi) is 8.87. The fourth-order valence-electron chi connectivity index (χ4n) is 4.79. The van der Waals surface area contributed by atoms with Gasteiger partial charge in [-0.05, 0) is 37.1 Å². The van der Waals surface area contributed by atoms with Gasteiger partial charge in [-0.25, -0.2) is 0 Å². The fourth-order valence-corrected chi connectivity index (χ4v) is 4.79. The van der Waals surface area contributed by atoms with Crippen LogP contribution >= 0.6 is 0 Å². The van der Waals surface area contributed by atoms with Crippen molar-refractivity contribution in [2.45, 2.75) is 114 Å². The second kappa shape index (κ2) is 11.4. The molecule has 2 saturated heterocycles. The molecule has 6 nitrogen and oxygen atoms in total. The van der Waals surface area contributed by atoms with Gasteiger partial charge in [0.25, 0.3) is 0 Å². The summed E-state index contributed by atoms with van der Waals surface area (Å²) in [5.41, 5.74) is -0.660. The summed E-state index contributed by atoms with van der Waals surface area (Å²) in [6.45, 7) is 2.66. The van der Waals surface area contributed by atoms with E-state index in [1.807, 2.05) is 0 Å². The predicted octanol–water partition coefficient (Wildman–Crippen LogP) is 4.54. The number of esters is 1. The zero-order valence-corrected chi connectivity index (χ0v) is 18.9. The van der Waals surface area contributed by atoms with Crippen molar-refractivity contribution in [3.63, 3.8) is 0 Å². The minimum absolute atomic E-state index is 0.0584. The molecule has 3 atom stereocenters. The molecule has 1 aliphatic carbocycles. The Morgan fingerprint density at radius 2 is 1.77 bits per heavy atom. The van der Waals surface area contributed by atoms with Crippen molar-refractivity contribution in [2.24, 2.45) is 0 Å². The summed E-state index contributed by atoms with van der Waals surface area (Å²) in [6, 6.07) is 0. The summed E-state index contributed by atoms with van der Waals surface area (Å²) >= 11 is 0. The normalized spacial score (nSPS) is 29.2. The maximum Gasteiger partial charge on any atom is 0.308 e. The maximum absolute atomic E-state index is 12.3. The summed E-state index contributed by atoms with van der Waals surface area (Å²) in [4.78, 5) is 23.7. The molecule has 6 heteroatoms. The largest absolute Gasteiger partial charge is 0.466 e. The van der Waals surface area contributed by atoms with Crippen LogP contribution in [0.3, 0.4) is 0 Å². The zero-order chi connectivity index (χ0) is 22.2. The Morgan fingerprint density at radius 3 is 2.48 bits per heavy atom. The highest BCUT2D eigenvalue weighted by atomic mass is 16.7. The summed E-state index contributed by atoms with van der Waals surface area (Å²) in [5.74, 6) is -1.26. The number of carbonyl (C=O) groups is 2. The minimum atomic E-state index is -0.921. The van der Waals surface area contributed by atoms with Gasteiger partial charge in [0, 0.05) is 19.3 Å². The van der Waals surface area contributed by atoms with Crippen LogP contribution in [0, 0.1) is 0 Å². The molecule has 0 amide bonds. The van der Waals surface area contributed by atoms with Gasteiger partial charge in [-0.1, -0.05) is 51.9 Å². The van der Waals surface area contributed by atoms with Crippen LogP contribution < -0.4 is 0 Å². The van der Waals surface area contributed by atoms with Gasteiger partial charge in [0.1, 0.15) is 5.60 Å². The van der Waals surface area contributed by atoms with E-state index < -0.39 is 23.6 Å². The van der Waals surface area contributed by atoms with Crippen LogP contribution in [-0.2, 0) is 23.8 Å². The monoisotopic (exact) mass is 434 g/mol. The average molecular weight is 435 g/mol. The first-order valence-corrected chi connectivity index (χ1v) is 12.1. The van der Waals surface area contributed by atoms with E-state index in [0.717, 1.165) is 12.8 Å². The molecule has 2 heterocycles. The van der Waals surface area contributed by atoms with Crippen LogP contribution in [0.2, 0.25) is 0 Å². The lowest BCUT2D eigenvalue weighted by atomic mass is 9.92. The third kappa shape index (κ3) is 7.26. The lowest BCUT2D eigenvalue weighted by Gasteiger charge is -2.41. The molecule has 2 fully saturated rings. The first-order chi connectivity index (χ1) is 14.9. The highest BCUT2D eigenvalue weighted by Crippen LogP contribution is 2.47. The van der Waals surface area contributed by atoms with E-state index >= 15 is 0 Å². The molecular weight excluding hydrogens is 396 g/mol. The highest BCUT2D eigenvalue weighted by Gasteiger charge is 2.52. The van der Waals surface area contributed by atoms with Gasteiger partial charge in [0.05, 0.1) is 25.2 Å². The number of carbonyl (C=O) groups excluding carboxylic acids is 2. The number of ketones is 1. The molecule has 3 aliphatic rings. The second-order valence-corrected chi connectivity index (χ2v) is 9.27. The minimum Gasteiger partial charge on any atom is -0.466 e. The lowest BCUT2D eigenvalue weighted by molar-refractivity contribution is -0.291. The van der Waals surface area contributed by atoms with Gasteiger partial charge in [0.2, 0.25) is 0 Å². The number of hydrogen-bond acceptors (Lipinski definition) is 6. The molecule has 0 saturated carbocycles. The standard InChI is InChI=1S/C25H38O6/c1-2-3-4-5-6-7-8-9-16-29-23(28)18-22-17-21(27)19-25(30-22)15-14-24(31-25)12-10-20(26)11-13-24/h10-13,21-22,27H,2-9,14-19H2,1H3/t21-,22-,25-/m1/s1. The predicted molar refractivity (Wildman–Crippen MR) is 117 cm³/mol. The molecule has 0 aromatic rings. The molecule has 2 spiro atoms. The van der Waals surface area contributed by atoms with Crippen molar-refractivity contribution >= 4 is 11.8 Å². The molecule has 0 radical (unpaired) electrons. The van der Waals surface area contributed by atoms with Gasteiger partial charge >= 0.3 is 5.97 Å². The Bertz CT molecular complexity index is 653. The summed E-state index contributed by atoms with van der Waals surface area (Å²) < 4.78 is 17.8. The van der Waals surface area contributed by atoms with Crippen molar-refractivity contribution in [3.05, 3.63) is 24.3 Å². The Labute approximate surface area is 186 Å². The van der Waals surface area contributed by atoms with E-state index in [-0.39, 0.29) is 18.2 Å². The van der Waals surface area contributed by atoms with Crippen LogP contribution in [-0.4, -0.2) is 47.1 Å². The van der Waals surface area contributed by atoms with Crippen LogP contribution in [0.1, 0.15) is 90.4 Å². The number of allylic oxidation sites excluding steroid dienone is 2. The van der Waals surface area contributed by atoms with Crippen molar-refractivity contribution in [3.8, 4) is 0 Å². The van der Waals surface area contributed by atoms with Crippen molar-refractivity contribution in [2.75, 3.05) is 6.61 Å². The number of aliphatic hydroxyl groups excluding tert-OH is 1. The van der Waals surface area contributed by atoms with Crippen LogP contribution in [0.15, 0.2) is 24.3 Å². The molecule has 31 heavy (non-hydrogen) atoms. The summed E-state index contributed by atoms with van der Waals surface area (Å²) in [7, 11) is 0. The van der Waals surface area contributed by atoms with E-state index in [1.54, 1.807) is 12.2 Å². The highest BCUT2D eigenvalue weighted by molar-refractivity contribution is 6.00. The van der Waals surface area contributed by atoms with E-state index in [4.69, 9.17) is 14.2 Å². The molecule has 1 N–H and O–H groups in total. The van der Waals surface area contributed by atoms with E-state index in [9.17, 15) is 14.7 Å². The second-order valence-electron chi connectivity index (χ2n) is 9.27. The number of rotatable bonds is 11. The summed E-state index contributed by atoms with van der Waals surface area (Å²) in [5, 5.41) is 10.4. The third-order valence-corrected chi connectivity index (χ3v) is 6.45. The number of unbranched alkanes of at least 4 members (excludes halogenated alkanes) is 7. The van der Waals surface area contributed by atoms with E-state index in [2.05, 4.69) is 6.92 Å². The molecule has 0 bridgehead atoms. The van der Waals surface area contributed by atoms with Crippen molar-refractivity contribution < 1.29 is 28.9 Å². The van der Waals surface area contributed by atoms with Crippen LogP contribution in [0.4, 0.5) is 0 Å². The molecule has 0 aromatic carbocycles. The zero-order valence-electron chi connectivity index (χ0n) is 18.9. The SMILES string of the molecule is CCCCCCCCCCOC(=O)C[C@H]1C[C@@H](O)C[C@]2(CCC3(C=CC(=O)C=C3)O2)O1. The Morgan fingerprint density at radius 1 is 1.10 bits per heavy atom. The van der Waals surface area contributed by atoms with Crippen LogP contribution in [0.25, 0.3) is 0 Å². The number of aliphatic hydroxyl groups is 1. The Balaban J connectivity index is 1.37. The molecule has 0 aromatic heterocycles. The van der Waals surface area contributed by atoms with Gasteiger partial charge in [-0.15, -0.1) is 0 Å². The average Bonchev–Trinajstić information content (AvgIpc) is 3.05. The van der Waals surface area contributed by atoms with Crippen molar-refractivity contribution in [1.82, 2.24) is 0 Å². The Hall–Kier alpha value is -1.50. The first kappa shape index (κ1) is 24.1. The molecule has 3 rings (SSSR count). The van der Waals surface area contributed by atoms with Gasteiger partial charge in [-0.2, -0.15) is 0 Å². The van der Waals surface area contributed by atoms with Gasteiger partial charge in [0.15, 0.2) is 11.6 Å². The van der Waals surface area contributed by atoms with E-state index in [0.29, 0.717) is 32.3 Å². The van der Waals surface area contributed by atoms with Crippen LogP contribution in [0.5, 0.6) is 0 Å². The quantitative estimate of drug-likeness (QED) is 0.380.